The van der Waals surface area contributed by atoms with Gasteiger partial charge in [-0.3, -0.25) is 10.1 Å². The monoisotopic (exact) mass is 229 g/mol. The molecular formula is C12H11N3O2. The number of aromatic nitrogens is 2. The molecule has 5 nitrogen and oxygen atoms in total. The second-order valence-electron chi connectivity index (χ2n) is 3.53. The van der Waals surface area contributed by atoms with Crippen LogP contribution in [0.1, 0.15) is 15.9 Å². The fourth-order valence-electron chi connectivity index (χ4n) is 1.44. The molecule has 86 valence electrons. The van der Waals surface area contributed by atoms with Crippen molar-refractivity contribution in [2.24, 2.45) is 0 Å². The number of anilines is 1. The summed E-state index contributed by atoms with van der Waals surface area (Å²) in [4.78, 5) is 19.7. The van der Waals surface area contributed by atoms with Crippen LogP contribution in [-0.4, -0.2) is 21.0 Å². The van der Waals surface area contributed by atoms with E-state index in [0.29, 0.717) is 11.1 Å². The number of carbonyl (C=O) groups is 1. The minimum atomic E-state index is -0.297. The molecule has 0 spiro atoms. The van der Waals surface area contributed by atoms with Gasteiger partial charge in [-0.15, -0.1) is 0 Å². The van der Waals surface area contributed by atoms with Gasteiger partial charge in [0.25, 0.3) is 5.91 Å². The Kier molecular flexibility index (Phi) is 3.00. The van der Waals surface area contributed by atoms with Crippen molar-refractivity contribution in [3.63, 3.8) is 0 Å². The molecule has 0 aliphatic rings. The number of phenols is 1. The van der Waals surface area contributed by atoms with Gasteiger partial charge in [0.2, 0.25) is 5.95 Å². The van der Waals surface area contributed by atoms with Gasteiger partial charge < -0.3 is 5.11 Å². The number of aryl methyl sites for hydroxylation is 1. The lowest BCUT2D eigenvalue weighted by Crippen LogP contribution is -2.15. The maximum atomic E-state index is 11.9. The van der Waals surface area contributed by atoms with Gasteiger partial charge >= 0.3 is 0 Å². The molecule has 0 aliphatic carbocycles. The Morgan fingerprint density at radius 2 is 2.00 bits per heavy atom. The summed E-state index contributed by atoms with van der Waals surface area (Å²) in [5.74, 6) is 0.0914. The van der Waals surface area contributed by atoms with Crippen molar-refractivity contribution < 1.29 is 9.90 Å². The van der Waals surface area contributed by atoms with Crippen LogP contribution in [-0.2, 0) is 0 Å². The first-order valence-corrected chi connectivity index (χ1v) is 5.05. The number of hydrogen-bond donors (Lipinski definition) is 2. The van der Waals surface area contributed by atoms with E-state index >= 15 is 0 Å². The van der Waals surface area contributed by atoms with Crippen molar-refractivity contribution in [3.8, 4) is 5.75 Å². The van der Waals surface area contributed by atoms with Crippen LogP contribution in [0.25, 0.3) is 0 Å². The van der Waals surface area contributed by atoms with Crippen molar-refractivity contribution in [2.45, 2.75) is 6.92 Å². The molecule has 17 heavy (non-hydrogen) atoms. The predicted octanol–water partition coefficient (Wildman–Crippen LogP) is 1.74. The van der Waals surface area contributed by atoms with Gasteiger partial charge in [-0.2, -0.15) is 0 Å². The molecule has 0 unspecified atom stereocenters. The number of hydrogen-bond acceptors (Lipinski definition) is 4. The zero-order chi connectivity index (χ0) is 12.3. The fraction of sp³-hybridized carbons (Fsp3) is 0.0833. The van der Waals surface area contributed by atoms with Crippen LogP contribution in [0.4, 0.5) is 5.95 Å². The third-order valence-corrected chi connectivity index (χ3v) is 2.25. The summed E-state index contributed by atoms with van der Waals surface area (Å²) in [7, 11) is 0. The lowest BCUT2D eigenvalue weighted by molar-refractivity contribution is 0.102. The molecule has 0 aliphatic heterocycles. The van der Waals surface area contributed by atoms with Crippen LogP contribution in [0.2, 0.25) is 0 Å². The first-order valence-electron chi connectivity index (χ1n) is 5.05. The van der Waals surface area contributed by atoms with Crippen LogP contribution in [0.5, 0.6) is 5.75 Å². The van der Waals surface area contributed by atoms with E-state index in [0.717, 1.165) is 0 Å². The minimum Gasteiger partial charge on any atom is -0.508 e. The van der Waals surface area contributed by atoms with Gasteiger partial charge in [-0.05, 0) is 36.8 Å². The van der Waals surface area contributed by atoms with Gasteiger partial charge in [0, 0.05) is 18.0 Å². The molecule has 5 heteroatoms. The summed E-state index contributed by atoms with van der Waals surface area (Å²) in [6.07, 6.45) is 3.10. The largest absolute Gasteiger partial charge is 0.508 e. The standard InChI is InChI=1S/C12H11N3O2/c1-8-7-9(16)3-4-10(8)11(17)15-12-13-5-2-6-14-12/h2-7,16H,1H3,(H,13,14,15,17). The summed E-state index contributed by atoms with van der Waals surface area (Å²) in [6.45, 7) is 1.75. The maximum Gasteiger partial charge on any atom is 0.258 e. The summed E-state index contributed by atoms with van der Waals surface area (Å²) in [6, 6.07) is 6.22. The first kappa shape index (κ1) is 11.1. The van der Waals surface area contributed by atoms with E-state index in [4.69, 9.17) is 0 Å². The lowest BCUT2D eigenvalue weighted by atomic mass is 10.1. The summed E-state index contributed by atoms with van der Waals surface area (Å²) < 4.78 is 0. The highest BCUT2D eigenvalue weighted by Gasteiger charge is 2.10. The Bertz CT molecular complexity index is 541. The van der Waals surface area contributed by atoms with Crippen LogP contribution >= 0.6 is 0 Å². The molecule has 1 aromatic heterocycles. The number of benzene rings is 1. The zero-order valence-electron chi connectivity index (χ0n) is 9.21. The number of aromatic hydroxyl groups is 1. The predicted molar refractivity (Wildman–Crippen MR) is 62.8 cm³/mol. The minimum absolute atomic E-state index is 0.134. The lowest BCUT2D eigenvalue weighted by Gasteiger charge is -2.06. The van der Waals surface area contributed by atoms with E-state index in [-0.39, 0.29) is 17.6 Å². The molecule has 2 N–H and O–H groups in total. The average Bonchev–Trinajstić information content (AvgIpc) is 2.30. The van der Waals surface area contributed by atoms with E-state index in [1.807, 2.05) is 0 Å². The van der Waals surface area contributed by atoms with Gasteiger partial charge in [-0.1, -0.05) is 0 Å². The molecule has 0 saturated carbocycles. The molecule has 0 saturated heterocycles. The molecule has 1 heterocycles. The number of carbonyl (C=O) groups excluding carboxylic acids is 1. The SMILES string of the molecule is Cc1cc(O)ccc1C(=O)Nc1ncccn1. The van der Waals surface area contributed by atoms with Gasteiger partial charge in [0.1, 0.15) is 5.75 Å². The van der Waals surface area contributed by atoms with E-state index < -0.39 is 0 Å². The van der Waals surface area contributed by atoms with Gasteiger partial charge in [0.05, 0.1) is 0 Å². The van der Waals surface area contributed by atoms with Crippen LogP contribution < -0.4 is 5.32 Å². The van der Waals surface area contributed by atoms with Crippen molar-refractivity contribution in [1.82, 2.24) is 9.97 Å². The van der Waals surface area contributed by atoms with E-state index in [1.54, 1.807) is 31.5 Å². The summed E-state index contributed by atoms with van der Waals surface area (Å²) in [5, 5.41) is 11.8. The van der Waals surface area contributed by atoms with Crippen molar-refractivity contribution in [3.05, 3.63) is 47.8 Å². The highest BCUT2D eigenvalue weighted by Crippen LogP contribution is 2.16. The zero-order valence-corrected chi connectivity index (χ0v) is 9.21. The number of nitrogens with zero attached hydrogens (tertiary/aromatic N) is 2. The fourth-order valence-corrected chi connectivity index (χ4v) is 1.44. The number of amides is 1. The van der Waals surface area contributed by atoms with Crippen LogP contribution in [0, 0.1) is 6.92 Å². The molecular weight excluding hydrogens is 218 g/mol. The van der Waals surface area contributed by atoms with Crippen LogP contribution in [0.15, 0.2) is 36.7 Å². The van der Waals surface area contributed by atoms with E-state index in [2.05, 4.69) is 15.3 Å². The third-order valence-electron chi connectivity index (χ3n) is 2.25. The summed E-state index contributed by atoms with van der Waals surface area (Å²) >= 11 is 0. The highest BCUT2D eigenvalue weighted by atomic mass is 16.3. The number of phenolic OH excluding ortho intramolecular Hbond substituents is 1. The Balaban J connectivity index is 2.21. The topological polar surface area (TPSA) is 75.1 Å². The number of nitrogens with one attached hydrogen (secondary N) is 1. The number of rotatable bonds is 2. The molecule has 2 rings (SSSR count). The quantitative estimate of drug-likeness (QED) is 0.822. The second-order valence-corrected chi connectivity index (χ2v) is 3.53. The Morgan fingerprint density at radius 3 is 2.65 bits per heavy atom. The maximum absolute atomic E-state index is 11.9. The molecule has 1 aromatic carbocycles. The average molecular weight is 229 g/mol. The van der Waals surface area contributed by atoms with E-state index in [1.165, 1.54) is 12.1 Å². The smallest absolute Gasteiger partial charge is 0.258 e. The molecule has 0 radical (unpaired) electrons. The normalized spacial score (nSPS) is 9.94. The first-order chi connectivity index (χ1) is 8.16. The Labute approximate surface area is 98.2 Å². The summed E-state index contributed by atoms with van der Waals surface area (Å²) in [5.41, 5.74) is 1.17. The van der Waals surface area contributed by atoms with E-state index in [9.17, 15) is 9.90 Å². The van der Waals surface area contributed by atoms with Crippen molar-refractivity contribution in [2.75, 3.05) is 5.32 Å². The molecule has 0 bridgehead atoms. The Morgan fingerprint density at radius 1 is 1.29 bits per heavy atom. The van der Waals surface area contributed by atoms with Crippen molar-refractivity contribution >= 4 is 11.9 Å². The third kappa shape index (κ3) is 2.57. The molecule has 1 amide bonds. The van der Waals surface area contributed by atoms with Gasteiger partial charge in [-0.25, -0.2) is 9.97 Å². The molecule has 2 aromatic rings. The second kappa shape index (κ2) is 4.61. The van der Waals surface area contributed by atoms with Crippen molar-refractivity contribution in [1.29, 1.82) is 0 Å². The highest BCUT2D eigenvalue weighted by molar-refractivity contribution is 6.04. The Hall–Kier alpha value is -2.43. The molecule has 0 atom stereocenters. The molecule has 0 fully saturated rings. The van der Waals surface area contributed by atoms with Crippen LogP contribution in [0.3, 0.4) is 0 Å². The van der Waals surface area contributed by atoms with Gasteiger partial charge in [0.15, 0.2) is 0 Å².